The predicted molar refractivity (Wildman–Crippen MR) is 86.9 cm³/mol. The lowest BCUT2D eigenvalue weighted by atomic mass is 10.1. The molecule has 0 fully saturated rings. The molecule has 0 saturated carbocycles. The van der Waals surface area contributed by atoms with Crippen molar-refractivity contribution in [1.29, 1.82) is 0 Å². The van der Waals surface area contributed by atoms with Crippen LogP contribution in [0.4, 0.5) is 0 Å². The molecule has 106 valence electrons. The van der Waals surface area contributed by atoms with Gasteiger partial charge in [0.2, 0.25) is 0 Å². The summed E-state index contributed by atoms with van der Waals surface area (Å²) in [5.74, 6) is -0.0610. The van der Waals surface area contributed by atoms with Gasteiger partial charge in [-0.05, 0) is 30.2 Å². The topological polar surface area (TPSA) is 50.2 Å². The van der Waals surface area contributed by atoms with Crippen LogP contribution in [0, 0.1) is 0 Å². The lowest BCUT2D eigenvalue weighted by Crippen LogP contribution is -2.00. The second kappa shape index (κ2) is 6.74. The fraction of sp³-hybridized carbons (Fsp3) is 0.286. The number of carboxylic acid groups (broad SMARTS) is 1. The third-order valence-corrected chi connectivity index (χ3v) is 5.41. The van der Waals surface area contributed by atoms with Crippen LogP contribution in [-0.2, 0) is 5.75 Å². The molecule has 0 spiro atoms. The molecule has 1 aromatic heterocycles. The maximum absolute atomic E-state index is 11.2. The Labute approximate surface area is 134 Å². The summed E-state index contributed by atoms with van der Waals surface area (Å²) in [5, 5.41) is 10.1. The number of thioether (sulfide) groups is 1. The Kier molecular flexibility index (Phi) is 5.23. The Balaban J connectivity index is 2.12. The minimum absolute atomic E-state index is 0.129. The van der Waals surface area contributed by atoms with Crippen molar-refractivity contribution in [2.45, 2.75) is 30.4 Å². The van der Waals surface area contributed by atoms with Crippen molar-refractivity contribution in [2.75, 3.05) is 0 Å². The van der Waals surface area contributed by atoms with Crippen LogP contribution in [0.25, 0.3) is 0 Å². The molecule has 0 aliphatic heterocycles. The number of thiazole rings is 1. The average Bonchev–Trinajstić information content (AvgIpc) is 2.83. The number of nitrogens with zero attached hydrogens (tertiary/aromatic N) is 1. The molecule has 0 radical (unpaired) electrons. The lowest BCUT2D eigenvalue weighted by Gasteiger charge is -2.01. The van der Waals surface area contributed by atoms with Gasteiger partial charge in [0.1, 0.15) is 9.88 Å². The lowest BCUT2D eigenvalue weighted by molar-refractivity contribution is 0.0700. The molecule has 0 atom stereocenters. The SMILES string of the molecule is CC(C)c1nc(CSc2ccc(Br)cc2)sc1C(=O)O. The number of rotatable bonds is 5. The van der Waals surface area contributed by atoms with Crippen LogP contribution in [0.3, 0.4) is 0 Å². The van der Waals surface area contributed by atoms with Gasteiger partial charge in [0.25, 0.3) is 0 Å². The summed E-state index contributed by atoms with van der Waals surface area (Å²) in [7, 11) is 0. The van der Waals surface area contributed by atoms with Crippen LogP contribution in [-0.4, -0.2) is 16.1 Å². The summed E-state index contributed by atoms with van der Waals surface area (Å²) in [4.78, 5) is 17.2. The first-order valence-corrected chi connectivity index (χ1v) is 8.68. The van der Waals surface area contributed by atoms with E-state index in [1.54, 1.807) is 11.8 Å². The minimum Gasteiger partial charge on any atom is -0.477 e. The molecular formula is C14H14BrNO2S2. The number of benzene rings is 1. The zero-order chi connectivity index (χ0) is 14.7. The van der Waals surface area contributed by atoms with Crippen LogP contribution in [0.2, 0.25) is 0 Å². The quantitative estimate of drug-likeness (QED) is 0.749. The maximum Gasteiger partial charge on any atom is 0.347 e. The van der Waals surface area contributed by atoms with Crippen LogP contribution in [0.5, 0.6) is 0 Å². The van der Waals surface area contributed by atoms with Gasteiger partial charge in [0.05, 0.1) is 11.4 Å². The van der Waals surface area contributed by atoms with E-state index in [-0.39, 0.29) is 5.92 Å². The second-order valence-electron chi connectivity index (χ2n) is 4.52. The maximum atomic E-state index is 11.2. The zero-order valence-corrected chi connectivity index (χ0v) is 14.3. The second-order valence-corrected chi connectivity index (χ2v) is 7.57. The molecule has 0 saturated heterocycles. The molecule has 0 bridgehead atoms. The van der Waals surface area contributed by atoms with E-state index in [0.717, 1.165) is 14.4 Å². The zero-order valence-electron chi connectivity index (χ0n) is 11.1. The molecule has 1 aromatic carbocycles. The average molecular weight is 372 g/mol. The summed E-state index contributed by atoms with van der Waals surface area (Å²) in [6, 6.07) is 8.05. The van der Waals surface area contributed by atoms with Crippen LogP contribution >= 0.6 is 39.0 Å². The highest BCUT2D eigenvalue weighted by Gasteiger charge is 2.19. The fourth-order valence-electron chi connectivity index (χ4n) is 1.66. The first-order valence-electron chi connectivity index (χ1n) is 6.08. The van der Waals surface area contributed by atoms with Gasteiger partial charge in [0.15, 0.2) is 0 Å². The number of hydrogen-bond acceptors (Lipinski definition) is 4. The fourth-order valence-corrected chi connectivity index (χ4v) is 3.87. The molecule has 2 rings (SSSR count). The first-order chi connectivity index (χ1) is 9.47. The Hall–Kier alpha value is -0.850. The highest BCUT2D eigenvalue weighted by Crippen LogP contribution is 2.30. The van der Waals surface area contributed by atoms with Gasteiger partial charge < -0.3 is 5.11 Å². The summed E-state index contributed by atoms with van der Waals surface area (Å²) < 4.78 is 1.05. The third kappa shape index (κ3) is 3.84. The molecule has 6 heteroatoms. The molecule has 0 unspecified atom stereocenters. The van der Waals surface area contributed by atoms with E-state index in [1.165, 1.54) is 11.3 Å². The predicted octanol–water partition coefficient (Wildman–Crippen LogP) is 5.02. The van der Waals surface area contributed by atoms with Crippen molar-refractivity contribution in [3.8, 4) is 0 Å². The van der Waals surface area contributed by atoms with E-state index >= 15 is 0 Å². The molecule has 1 N–H and O–H groups in total. The van der Waals surface area contributed by atoms with Gasteiger partial charge in [-0.3, -0.25) is 0 Å². The number of aromatic carboxylic acids is 1. The Morgan fingerprint density at radius 2 is 2.05 bits per heavy atom. The summed E-state index contributed by atoms with van der Waals surface area (Å²) >= 11 is 6.34. The van der Waals surface area contributed by atoms with Crippen molar-refractivity contribution in [1.82, 2.24) is 4.98 Å². The standard InChI is InChI=1S/C14H14BrNO2S2/c1-8(2)12-13(14(17)18)20-11(16-12)7-19-10-5-3-9(15)4-6-10/h3-6,8H,7H2,1-2H3,(H,17,18). The van der Waals surface area contributed by atoms with Gasteiger partial charge in [-0.25, -0.2) is 9.78 Å². The van der Waals surface area contributed by atoms with E-state index in [9.17, 15) is 9.90 Å². The first kappa shape index (κ1) is 15.5. The van der Waals surface area contributed by atoms with E-state index in [0.29, 0.717) is 16.3 Å². The number of halogens is 1. The molecular weight excluding hydrogens is 358 g/mol. The van der Waals surface area contributed by atoms with Gasteiger partial charge in [-0.2, -0.15) is 0 Å². The summed E-state index contributed by atoms with van der Waals surface area (Å²) in [6.07, 6.45) is 0. The molecule has 0 aliphatic rings. The van der Waals surface area contributed by atoms with Crippen LogP contribution in [0.1, 0.15) is 40.1 Å². The number of hydrogen-bond donors (Lipinski definition) is 1. The van der Waals surface area contributed by atoms with Crippen LogP contribution < -0.4 is 0 Å². The number of carbonyl (C=O) groups is 1. The van der Waals surface area contributed by atoms with Gasteiger partial charge >= 0.3 is 5.97 Å². The summed E-state index contributed by atoms with van der Waals surface area (Å²) in [5.41, 5.74) is 0.689. The van der Waals surface area contributed by atoms with Gasteiger partial charge in [0, 0.05) is 9.37 Å². The molecule has 0 aliphatic carbocycles. The highest BCUT2D eigenvalue weighted by molar-refractivity contribution is 9.10. The van der Waals surface area contributed by atoms with E-state index in [4.69, 9.17) is 0 Å². The number of aromatic nitrogens is 1. The van der Waals surface area contributed by atoms with Gasteiger partial charge in [-0.15, -0.1) is 23.1 Å². The van der Waals surface area contributed by atoms with Gasteiger partial charge in [-0.1, -0.05) is 29.8 Å². The molecule has 2 aromatic rings. The molecule has 1 heterocycles. The monoisotopic (exact) mass is 371 g/mol. The van der Waals surface area contributed by atoms with E-state index in [2.05, 4.69) is 20.9 Å². The molecule has 0 amide bonds. The van der Waals surface area contributed by atoms with Crippen molar-refractivity contribution in [3.63, 3.8) is 0 Å². The highest BCUT2D eigenvalue weighted by atomic mass is 79.9. The van der Waals surface area contributed by atoms with Crippen molar-refractivity contribution in [3.05, 3.63) is 44.3 Å². The summed E-state index contributed by atoms with van der Waals surface area (Å²) in [6.45, 7) is 3.93. The van der Waals surface area contributed by atoms with E-state index < -0.39 is 5.97 Å². The molecule has 20 heavy (non-hydrogen) atoms. The Morgan fingerprint density at radius 3 is 2.55 bits per heavy atom. The van der Waals surface area contributed by atoms with Crippen molar-refractivity contribution in [2.24, 2.45) is 0 Å². The Bertz CT molecular complexity index is 608. The van der Waals surface area contributed by atoms with E-state index in [1.807, 2.05) is 38.1 Å². The minimum atomic E-state index is -0.883. The smallest absolute Gasteiger partial charge is 0.347 e. The number of carboxylic acids is 1. The largest absolute Gasteiger partial charge is 0.477 e. The normalized spacial score (nSPS) is 11.0. The van der Waals surface area contributed by atoms with Crippen molar-refractivity contribution < 1.29 is 9.90 Å². The van der Waals surface area contributed by atoms with Crippen LogP contribution in [0.15, 0.2) is 33.6 Å². The Morgan fingerprint density at radius 1 is 1.40 bits per heavy atom. The molecule has 3 nitrogen and oxygen atoms in total. The van der Waals surface area contributed by atoms with Crippen molar-refractivity contribution >= 4 is 45.0 Å². The third-order valence-electron chi connectivity index (χ3n) is 2.61.